The molecular weight excluding hydrogens is 264 g/mol. The molecule has 1 heterocycles. The van der Waals surface area contributed by atoms with Crippen molar-refractivity contribution in [2.75, 3.05) is 7.05 Å². The molecule has 96 valence electrons. The number of benzene rings is 1. The molecule has 0 aliphatic carbocycles. The van der Waals surface area contributed by atoms with E-state index < -0.39 is 0 Å². The molecule has 0 amide bonds. The SMILES string of the molecule is CNC(Cc1csc(C)n1)c1ccc(Cl)c(C)c1. The summed E-state index contributed by atoms with van der Waals surface area (Å²) in [6.07, 6.45) is 0.905. The topological polar surface area (TPSA) is 24.9 Å². The lowest BCUT2D eigenvalue weighted by Gasteiger charge is -2.16. The number of hydrogen-bond donors (Lipinski definition) is 1. The number of nitrogens with zero attached hydrogens (tertiary/aromatic N) is 1. The van der Waals surface area contributed by atoms with Crippen LogP contribution in [-0.2, 0) is 6.42 Å². The van der Waals surface area contributed by atoms with Gasteiger partial charge in [0.15, 0.2) is 0 Å². The minimum Gasteiger partial charge on any atom is -0.313 e. The number of thiazole rings is 1. The molecule has 4 heteroatoms. The van der Waals surface area contributed by atoms with E-state index in [0.29, 0.717) is 0 Å². The van der Waals surface area contributed by atoms with Crippen LogP contribution in [-0.4, -0.2) is 12.0 Å². The Bertz CT molecular complexity index is 536. The number of hydrogen-bond acceptors (Lipinski definition) is 3. The molecule has 0 aliphatic rings. The summed E-state index contributed by atoms with van der Waals surface area (Å²) in [5.41, 5.74) is 3.51. The van der Waals surface area contributed by atoms with Crippen molar-refractivity contribution in [3.05, 3.63) is 50.4 Å². The smallest absolute Gasteiger partial charge is 0.0897 e. The third-order valence-corrected chi connectivity index (χ3v) is 4.26. The molecule has 2 aromatic rings. The van der Waals surface area contributed by atoms with Crippen LogP contribution >= 0.6 is 22.9 Å². The molecule has 0 radical (unpaired) electrons. The second kappa shape index (κ2) is 5.83. The van der Waals surface area contributed by atoms with Crippen LogP contribution < -0.4 is 5.32 Å². The highest BCUT2D eigenvalue weighted by Crippen LogP contribution is 2.23. The fourth-order valence-electron chi connectivity index (χ4n) is 1.98. The largest absolute Gasteiger partial charge is 0.313 e. The van der Waals surface area contributed by atoms with Gasteiger partial charge >= 0.3 is 0 Å². The Hall–Kier alpha value is -0.900. The molecule has 0 aliphatic heterocycles. The van der Waals surface area contributed by atoms with Crippen molar-refractivity contribution in [3.8, 4) is 0 Å². The van der Waals surface area contributed by atoms with Crippen LogP contribution in [0.1, 0.15) is 27.9 Å². The summed E-state index contributed by atoms with van der Waals surface area (Å²) in [6, 6.07) is 6.46. The van der Waals surface area contributed by atoms with Gasteiger partial charge in [-0.15, -0.1) is 11.3 Å². The number of aromatic nitrogens is 1. The van der Waals surface area contributed by atoms with Gasteiger partial charge in [0.05, 0.1) is 10.7 Å². The predicted molar refractivity (Wildman–Crippen MR) is 78.5 cm³/mol. The van der Waals surface area contributed by atoms with Crippen molar-refractivity contribution in [2.45, 2.75) is 26.3 Å². The highest BCUT2D eigenvalue weighted by molar-refractivity contribution is 7.09. The lowest BCUT2D eigenvalue weighted by molar-refractivity contribution is 0.585. The fraction of sp³-hybridized carbons (Fsp3) is 0.357. The molecular formula is C14H17ClN2S. The quantitative estimate of drug-likeness (QED) is 0.918. The van der Waals surface area contributed by atoms with Gasteiger partial charge in [0.1, 0.15) is 0 Å². The molecule has 18 heavy (non-hydrogen) atoms. The number of aryl methyl sites for hydroxylation is 2. The van der Waals surface area contributed by atoms with Crippen LogP contribution in [0.25, 0.3) is 0 Å². The summed E-state index contributed by atoms with van der Waals surface area (Å²) in [6.45, 7) is 4.07. The average molecular weight is 281 g/mol. The molecule has 0 saturated heterocycles. The van der Waals surface area contributed by atoms with E-state index in [1.165, 1.54) is 5.56 Å². The van der Waals surface area contributed by atoms with Gasteiger partial charge in [0, 0.05) is 22.9 Å². The molecule has 2 rings (SSSR count). The molecule has 0 fully saturated rings. The van der Waals surface area contributed by atoms with Crippen molar-refractivity contribution >= 4 is 22.9 Å². The minimum atomic E-state index is 0.280. The maximum atomic E-state index is 6.06. The summed E-state index contributed by atoms with van der Waals surface area (Å²) in [4.78, 5) is 4.52. The first-order valence-corrected chi connectivity index (χ1v) is 7.20. The standard InChI is InChI=1S/C14H17ClN2S/c1-9-6-11(4-5-13(9)15)14(16-3)7-12-8-18-10(2)17-12/h4-6,8,14,16H,7H2,1-3H3. The van der Waals surface area contributed by atoms with Gasteiger partial charge in [0.25, 0.3) is 0 Å². The molecule has 1 atom stereocenters. The number of rotatable bonds is 4. The molecule has 1 N–H and O–H groups in total. The molecule has 1 aromatic heterocycles. The fourth-order valence-corrected chi connectivity index (χ4v) is 2.73. The van der Waals surface area contributed by atoms with E-state index in [-0.39, 0.29) is 6.04 Å². The Kier molecular flexibility index (Phi) is 4.38. The van der Waals surface area contributed by atoms with Crippen molar-refractivity contribution in [3.63, 3.8) is 0 Å². The monoisotopic (exact) mass is 280 g/mol. The van der Waals surface area contributed by atoms with Crippen LogP contribution in [0, 0.1) is 13.8 Å². The number of nitrogens with one attached hydrogen (secondary N) is 1. The van der Waals surface area contributed by atoms with E-state index in [0.717, 1.165) is 27.7 Å². The Morgan fingerprint density at radius 3 is 2.72 bits per heavy atom. The maximum absolute atomic E-state index is 6.06. The van der Waals surface area contributed by atoms with Crippen molar-refractivity contribution in [1.82, 2.24) is 10.3 Å². The zero-order valence-corrected chi connectivity index (χ0v) is 12.4. The molecule has 0 spiro atoms. The van der Waals surface area contributed by atoms with Crippen molar-refractivity contribution in [2.24, 2.45) is 0 Å². The van der Waals surface area contributed by atoms with Gasteiger partial charge in [-0.25, -0.2) is 4.98 Å². The average Bonchev–Trinajstić information content (AvgIpc) is 2.75. The Balaban J connectivity index is 2.19. The predicted octanol–water partition coefficient (Wildman–Crippen LogP) is 3.92. The van der Waals surface area contributed by atoms with Crippen LogP contribution in [0.3, 0.4) is 0 Å². The lowest BCUT2D eigenvalue weighted by atomic mass is 10.0. The van der Waals surface area contributed by atoms with Crippen molar-refractivity contribution in [1.29, 1.82) is 0 Å². The van der Waals surface area contributed by atoms with E-state index in [2.05, 4.69) is 27.8 Å². The van der Waals surface area contributed by atoms with E-state index >= 15 is 0 Å². The Labute approximate surface area is 117 Å². The molecule has 0 saturated carbocycles. The van der Waals surface area contributed by atoms with Gasteiger partial charge in [0.2, 0.25) is 0 Å². The maximum Gasteiger partial charge on any atom is 0.0897 e. The van der Waals surface area contributed by atoms with Crippen molar-refractivity contribution < 1.29 is 0 Å². The van der Waals surface area contributed by atoms with Crippen LogP contribution in [0.4, 0.5) is 0 Å². The molecule has 0 bridgehead atoms. The zero-order chi connectivity index (χ0) is 13.1. The number of halogens is 1. The van der Waals surface area contributed by atoms with Gasteiger partial charge in [-0.1, -0.05) is 23.7 Å². The molecule has 2 nitrogen and oxygen atoms in total. The first kappa shape index (κ1) is 13.5. The molecule has 1 unspecified atom stereocenters. The highest BCUT2D eigenvalue weighted by Gasteiger charge is 2.12. The second-order valence-electron chi connectivity index (χ2n) is 4.41. The normalized spacial score (nSPS) is 12.7. The summed E-state index contributed by atoms with van der Waals surface area (Å²) < 4.78 is 0. The lowest BCUT2D eigenvalue weighted by Crippen LogP contribution is -2.19. The number of likely N-dealkylation sites (N-methyl/N-ethyl adjacent to an activating group) is 1. The minimum absolute atomic E-state index is 0.280. The summed E-state index contributed by atoms with van der Waals surface area (Å²) >= 11 is 7.76. The molecule has 1 aromatic carbocycles. The Morgan fingerprint density at radius 2 is 2.17 bits per heavy atom. The van der Waals surface area contributed by atoms with Gasteiger partial charge in [-0.2, -0.15) is 0 Å². The van der Waals surface area contributed by atoms with Crippen LogP contribution in [0.2, 0.25) is 5.02 Å². The van der Waals surface area contributed by atoms with Crippen LogP contribution in [0.5, 0.6) is 0 Å². The third-order valence-electron chi connectivity index (χ3n) is 3.01. The van der Waals surface area contributed by atoms with E-state index in [9.17, 15) is 0 Å². The summed E-state index contributed by atoms with van der Waals surface area (Å²) in [7, 11) is 1.98. The van der Waals surface area contributed by atoms with Gasteiger partial charge < -0.3 is 5.32 Å². The third kappa shape index (κ3) is 3.10. The van der Waals surface area contributed by atoms with Crippen LogP contribution in [0.15, 0.2) is 23.6 Å². The van der Waals surface area contributed by atoms with Gasteiger partial charge in [-0.05, 0) is 38.1 Å². The first-order valence-electron chi connectivity index (χ1n) is 5.94. The van der Waals surface area contributed by atoms with Gasteiger partial charge in [-0.3, -0.25) is 0 Å². The first-order chi connectivity index (χ1) is 8.60. The summed E-state index contributed by atoms with van der Waals surface area (Å²) in [5, 5.41) is 7.41. The Morgan fingerprint density at radius 1 is 1.39 bits per heavy atom. The highest BCUT2D eigenvalue weighted by atomic mass is 35.5. The van der Waals surface area contributed by atoms with E-state index in [1.54, 1.807) is 11.3 Å². The van der Waals surface area contributed by atoms with E-state index in [1.807, 2.05) is 27.0 Å². The van der Waals surface area contributed by atoms with E-state index in [4.69, 9.17) is 11.6 Å². The zero-order valence-electron chi connectivity index (χ0n) is 10.8. The second-order valence-corrected chi connectivity index (χ2v) is 5.88. The summed E-state index contributed by atoms with van der Waals surface area (Å²) in [5.74, 6) is 0.